The average Bonchev–Trinajstić information content (AvgIpc) is 3.19. The molecule has 0 atom stereocenters. The van der Waals surface area contributed by atoms with Crippen molar-refractivity contribution in [2.24, 2.45) is 4.99 Å². The molecule has 1 aliphatic heterocycles. The second kappa shape index (κ2) is 9.59. The van der Waals surface area contributed by atoms with E-state index in [9.17, 15) is 4.79 Å². The molecule has 1 N–H and O–H groups in total. The molecule has 1 aliphatic rings. The molecule has 0 saturated heterocycles. The molecule has 7 heteroatoms. The minimum absolute atomic E-state index is 0.192. The van der Waals surface area contributed by atoms with E-state index in [2.05, 4.69) is 21.8 Å². The molecule has 3 rings (SSSR count). The summed E-state index contributed by atoms with van der Waals surface area (Å²) in [6.45, 7) is 2.86. The highest BCUT2D eigenvalue weighted by atomic mass is 32.1. The van der Waals surface area contributed by atoms with Gasteiger partial charge in [0.05, 0.1) is 7.11 Å². The maximum absolute atomic E-state index is 12.5. The third kappa shape index (κ3) is 5.04. The van der Waals surface area contributed by atoms with Gasteiger partial charge in [0.25, 0.3) is 0 Å². The van der Waals surface area contributed by atoms with Gasteiger partial charge >= 0.3 is 0 Å². The number of aliphatic imine (C=N–C) groups is 1. The van der Waals surface area contributed by atoms with E-state index in [1.165, 1.54) is 16.0 Å². The summed E-state index contributed by atoms with van der Waals surface area (Å²) < 4.78 is 5.20. The number of hydrogen-bond donors (Lipinski definition) is 1. The van der Waals surface area contributed by atoms with Crippen molar-refractivity contribution in [1.29, 1.82) is 0 Å². The van der Waals surface area contributed by atoms with Crippen LogP contribution in [0.4, 0.5) is 0 Å². The van der Waals surface area contributed by atoms with Crippen LogP contribution in [0.5, 0.6) is 5.75 Å². The molecule has 2 aromatic rings. The first-order valence-corrected chi connectivity index (χ1v) is 10.4. The van der Waals surface area contributed by atoms with Crippen LogP contribution in [-0.4, -0.2) is 56.0 Å². The number of carbonyl (C=O) groups is 1. The van der Waals surface area contributed by atoms with E-state index in [-0.39, 0.29) is 5.91 Å². The lowest BCUT2D eigenvalue weighted by Gasteiger charge is -2.27. The molecule has 1 aromatic heterocycles. The van der Waals surface area contributed by atoms with E-state index in [0.29, 0.717) is 13.0 Å². The fourth-order valence-electron chi connectivity index (χ4n) is 3.37. The lowest BCUT2D eigenvalue weighted by Crippen LogP contribution is -2.41. The topological polar surface area (TPSA) is 57.2 Å². The minimum atomic E-state index is 0.192. The van der Waals surface area contributed by atoms with Gasteiger partial charge in [0, 0.05) is 51.6 Å². The van der Waals surface area contributed by atoms with Gasteiger partial charge in [0.1, 0.15) is 5.75 Å². The Morgan fingerprint density at radius 3 is 2.82 bits per heavy atom. The summed E-state index contributed by atoms with van der Waals surface area (Å²) in [5.74, 6) is 1.82. The number of guanidine groups is 1. The number of amides is 1. The van der Waals surface area contributed by atoms with Crippen molar-refractivity contribution in [1.82, 2.24) is 15.1 Å². The number of nitrogens with zero attached hydrogens (tertiary/aromatic N) is 3. The summed E-state index contributed by atoms with van der Waals surface area (Å²) in [5.41, 5.74) is 2.47. The van der Waals surface area contributed by atoms with Crippen molar-refractivity contribution in [3.8, 4) is 5.75 Å². The van der Waals surface area contributed by atoms with E-state index in [4.69, 9.17) is 4.74 Å². The van der Waals surface area contributed by atoms with Crippen LogP contribution in [0.2, 0.25) is 0 Å². The number of fused-ring (bicyclic) bond motifs is 1. The lowest BCUT2D eigenvalue weighted by atomic mass is 10.1. The third-order valence-corrected chi connectivity index (χ3v) is 5.96. The monoisotopic (exact) mass is 400 g/mol. The molecule has 0 radical (unpaired) electrons. The Bertz CT molecular complexity index is 816. The number of ether oxygens (including phenoxy) is 1. The Kier molecular flexibility index (Phi) is 6.92. The highest BCUT2D eigenvalue weighted by Crippen LogP contribution is 2.24. The maximum Gasteiger partial charge on any atom is 0.224 e. The van der Waals surface area contributed by atoms with Crippen LogP contribution in [0.25, 0.3) is 0 Å². The van der Waals surface area contributed by atoms with Crippen LogP contribution in [0.3, 0.4) is 0 Å². The molecule has 1 amide bonds. The maximum atomic E-state index is 12.5. The summed E-state index contributed by atoms with van der Waals surface area (Å²) >= 11 is 1.79. The van der Waals surface area contributed by atoms with Gasteiger partial charge in [-0.25, -0.2) is 0 Å². The number of thiophene rings is 1. The predicted octanol–water partition coefficient (Wildman–Crippen LogP) is 2.74. The Balaban J connectivity index is 1.45. The van der Waals surface area contributed by atoms with Gasteiger partial charge in [0.15, 0.2) is 5.96 Å². The Morgan fingerprint density at radius 2 is 2.11 bits per heavy atom. The van der Waals surface area contributed by atoms with E-state index >= 15 is 0 Å². The second-order valence-electron chi connectivity index (χ2n) is 6.86. The Morgan fingerprint density at radius 1 is 1.32 bits per heavy atom. The summed E-state index contributed by atoms with van der Waals surface area (Å²) in [6.07, 6.45) is 1.44. The quantitative estimate of drug-likeness (QED) is 0.598. The van der Waals surface area contributed by atoms with Gasteiger partial charge in [-0.1, -0.05) is 12.1 Å². The zero-order chi connectivity index (χ0) is 19.9. The van der Waals surface area contributed by atoms with Gasteiger partial charge in [-0.3, -0.25) is 9.79 Å². The Labute approximate surface area is 170 Å². The van der Waals surface area contributed by atoms with Gasteiger partial charge in [0.2, 0.25) is 5.91 Å². The summed E-state index contributed by atoms with van der Waals surface area (Å²) in [5, 5.41) is 5.42. The van der Waals surface area contributed by atoms with Gasteiger partial charge < -0.3 is 19.9 Å². The molecule has 0 bridgehead atoms. The third-order valence-electron chi connectivity index (χ3n) is 4.93. The highest BCUT2D eigenvalue weighted by Gasteiger charge is 2.21. The van der Waals surface area contributed by atoms with Crippen molar-refractivity contribution in [3.05, 3.63) is 51.7 Å². The molecule has 0 saturated carbocycles. The van der Waals surface area contributed by atoms with Crippen LogP contribution < -0.4 is 10.1 Å². The fraction of sp³-hybridized carbons (Fsp3) is 0.429. The molecule has 6 nitrogen and oxygen atoms in total. The minimum Gasteiger partial charge on any atom is -0.497 e. The van der Waals surface area contributed by atoms with Crippen LogP contribution in [0.15, 0.2) is 40.7 Å². The number of benzene rings is 1. The van der Waals surface area contributed by atoms with Gasteiger partial charge in [-0.05, 0) is 41.1 Å². The standard InChI is InChI=1S/C21H28N4O2S/c1-22-21(24(2)14-16-4-6-18(27-3)7-5-16)23-11-8-20(26)25-12-9-19-17(15-25)10-13-28-19/h4-7,10,13H,8-9,11-12,14-15H2,1-3H3,(H,22,23). The second-order valence-corrected chi connectivity index (χ2v) is 7.86. The molecular weight excluding hydrogens is 372 g/mol. The van der Waals surface area contributed by atoms with E-state index in [0.717, 1.165) is 37.8 Å². The summed E-state index contributed by atoms with van der Waals surface area (Å²) in [7, 11) is 5.42. The molecule has 28 heavy (non-hydrogen) atoms. The molecule has 2 heterocycles. The first-order valence-electron chi connectivity index (χ1n) is 9.48. The number of nitrogens with one attached hydrogen (secondary N) is 1. The average molecular weight is 401 g/mol. The van der Waals surface area contributed by atoms with Gasteiger partial charge in [-0.2, -0.15) is 0 Å². The zero-order valence-corrected chi connectivity index (χ0v) is 17.6. The number of carbonyl (C=O) groups excluding carboxylic acids is 1. The molecule has 0 aliphatic carbocycles. The van der Waals surface area contributed by atoms with Crippen molar-refractivity contribution in [3.63, 3.8) is 0 Å². The van der Waals surface area contributed by atoms with Crippen molar-refractivity contribution >= 4 is 23.2 Å². The summed E-state index contributed by atoms with van der Waals surface area (Å²) in [4.78, 5) is 22.3. The van der Waals surface area contributed by atoms with Crippen molar-refractivity contribution in [2.75, 3.05) is 34.3 Å². The molecule has 0 fully saturated rings. The van der Waals surface area contributed by atoms with Crippen LogP contribution in [-0.2, 0) is 24.3 Å². The van der Waals surface area contributed by atoms with Gasteiger partial charge in [-0.15, -0.1) is 11.3 Å². The van der Waals surface area contributed by atoms with Crippen molar-refractivity contribution < 1.29 is 9.53 Å². The number of methoxy groups -OCH3 is 1. The SMILES string of the molecule is CN=C(NCCC(=O)N1CCc2sccc2C1)N(C)Cc1ccc(OC)cc1. The lowest BCUT2D eigenvalue weighted by molar-refractivity contribution is -0.131. The first-order chi connectivity index (χ1) is 13.6. The van der Waals surface area contributed by atoms with E-state index in [1.54, 1.807) is 25.5 Å². The molecular formula is C21H28N4O2S. The van der Waals surface area contributed by atoms with E-state index in [1.807, 2.05) is 41.1 Å². The normalized spacial score (nSPS) is 13.8. The summed E-state index contributed by atoms with van der Waals surface area (Å²) in [6, 6.07) is 10.1. The zero-order valence-electron chi connectivity index (χ0n) is 16.8. The molecule has 0 unspecified atom stereocenters. The predicted molar refractivity (Wildman–Crippen MR) is 114 cm³/mol. The number of hydrogen-bond acceptors (Lipinski definition) is 4. The highest BCUT2D eigenvalue weighted by molar-refractivity contribution is 7.10. The number of rotatable bonds is 6. The van der Waals surface area contributed by atoms with Crippen LogP contribution in [0, 0.1) is 0 Å². The largest absolute Gasteiger partial charge is 0.497 e. The van der Waals surface area contributed by atoms with E-state index < -0.39 is 0 Å². The smallest absolute Gasteiger partial charge is 0.224 e. The molecule has 1 aromatic carbocycles. The van der Waals surface area contributed by atoms with Crippen molar-refractivity contribution in [2.45, 2.75) is 25.9 Å². The Hall–Kier alpha value is -2.54. The molecule has 150 valence electrons. The molecule has 0 spiro atoms. The van der Waals surface area contributed by atoms with Crippen LogP contribution in [0.1, 0.15) is 22.4 Å². The van der Waals surface area contributed by atoms with Crippen LogP contribution >= 0.6 is 11.3 Å². The first kappa shape index (κ1) is 20.2. The fourth-order valence-corrected chi connectivity index (χ4v) is 4.25.